The minimum absolute atomic E-state index is 0.0923. The topological polar surface area (TPSA) is 34.1 Å². The number of hydrogen-bond acceptors (Lipinski definition) is 2. The lowest BCUT2D eigenvalue weighted by atomic mass is 9.97. The van der Waals surface area contributed by atoms with Crippen molar-refractivity contribution in [2.75, 3.05) is 0 Å². The largest absolute Gasteiger partial charge is 0.223 e. The van der Waals surface area contributed by atoms with Crippen LogP contribution in [0, 0.1) is 17.6 Å². The highest BCUT2D eigenvalue weighted by molar-refractivity contribution is 9.10. The van der Waals surface area contributed by atoms with Crippen LogP contribution in [0.15, 0.2) is 51.8 Å². The third kappa shape index (κ3) is 3.80. The van der Waals surface area contributed by atoms with Gasteiger partial charge in [-0.15, -0.1) is 0 Å². The zero-order valence-electron chi connectivity index (χ0n) is 12.8. The van der Waals surface area contributed by atoms with Gasteiger partial charge in [-0.05, 0) is 48.4 Å². The van der Waals surface area contributed by atoms with Gasteiger partial charge in [0.1, 0.15) is 11.6 Å². The molecule has 0 aliphatic heterocycles. The maximum absolute atomic E-state index is 14.2. The lowest BCUT2D eigenvalue weighted by molar-refractivity contribution is 0.482. The molecule has 0 bridgehead atoms. The second-order valence-electron chi connectivity index (χ2n) is 5.47. The average molecular weight is 403 g/mol. The van der Waals surface area contributed by atoms with E-state index in [0.717, 1.165) is 22.7 Å². The van der Waals surface area contributed by atoms with Crippen molar-refractivity contribution < 1.29 is 17.2 Å². The zero-order chi connectivity index (χ0) is 17.2. The van der Waals surface area contributed by atoms with Crippen molar-refractivity contribution in [2.45, 2.75) is 30.4 Å². The lowest BCUT2D eigenvalue weighted by Crippen LogP contribution is -2.22. The highest BCUT2D eigenvalue weighted by Crippen LogP contribution is 2.38. The van der Waals surface area contributed by atoms with Gasteiger partial charge >= 0.3 is 0 Å². The fourth-order valence-electron chi connectivity index (χ4n) is 2.50. The van der Waals surface area contributed by atoms with Gasteiger partial charge in [-0.3, -0.25) is 0 Å². The molecule has 0 N–H and O–H groups in total. The van der Waals surface area contributed by atoms with Crippen LogP contribution in [0.1, 0.15) is 31.1 Å². The van der Waals surface area contributed by atoms with Gasteiger partial charge in [-0.25, -0.2) is 17.2 Å². The molecule has 0 spiro atoms. The molecule has 2 rings (SSSR count). The van der Waals surface area contributed by atoms with Crippen LogP contribution in [0.3, 0.4) is 0 Å². The summed E-state index contributed by atoms with van der Waals surface area (Å²) in [6.45, 7) is 3.55. The van der Waals surface area contributed by atoms with E-state index in [2.05, 4.69) is 15.9 Å². The van der Waals surface area contributed by atoms with Gasteiger partial charge in [-0.1, -0.05) is 36.2 Å². The summed E-state index contributed by atoms with van der Waals surface area (Å²) >= 11 is 3.25. The first-order chi connectivity index (χ1) is 10.8. The standard InChI is InChI=1S/C17H17BrF2O2S/c1-3-11(2)17(15-10-13(19)6-9-16(15)20)23(21,22)14-7-4-12(18)5-8-14/h4-11,17H,3H2,1-2H3. The van der Waals surface area contributed by atoms with Gasteiger partial charge in [0.15, 0.2) is 9.84 Å². The summed E-state index contributed by atoms with van der Waals surface area (Å²) in [5.41, 5.74) is -0.123. The van der Waals surface area contributed by atoms with Gasteiger partial charge in [0.25, 0.3) is 0 Å². The molecule has 2 atom stereocenters. The van der Waals surface area contributed by atoms with E-state index < -0.39 is 26.7 Å². The molecule has 0 fully saturated rings. The summed E-state index contributed by atoms with van der Waals surface area (Å²) < 4.78 is 54.5. The second-order valence-corrected chi connectivity index (χ2v) is 8.46. The number of benzene rings is 2. The minimum atomic E-state index is -3.85. The third-order valence-electron chi connectivity index (χ3n) is 3.90. The summed E-state index contributed by atoms with van der Waals surface area (Å²) in [5, 5.41) is -1.13. The molecule has 2 aromatic rings. The Balaban J connectivity index is 2.63. The molecule has 2 unspecified atom stereocenters. The van der Waals surface area contributed by atoms with Crippen molar-refractivity contribution in [3.8, 4) is 0 Å². The third-order valence-corrected chi connectivity index (χ3v) is 6.75. The van der Waals surface area contributed by atoms with E-state index in [4.69, 9.17) is 0 Å². The summed E-state index contributed by atoms with van der Waals surface area (Å²) in [4.78, 5) is 0.0923. The predicted octanol–water partition coefficient (Wildman–Crippen LogP) is 5.29. The Morgan fingerprint density at radius 3 is 2.26 bits per heavy atom. The smallest absolute Gasteiger partial charge is 0.185 e. The first kappa shape index (κ1) is 18.1. The average Bonchev–Trinajstić information content (AvgIpc) is 2.51. The van der Waals surface area contributed by atoms with Gasteiger partial charge in [0, 0.05) is 10.0 Å². The maximum atomic E-state index is 14.2. The summed E-state index contributed by atoms with van der Waals surface area (Å²) in [5.74, 6) is -1.72. The highest BCUT2D eigenvalue weighted by atomic mass is 79.9. The van der Waals surface area contributed by atoms with Crippen LogP contribution in [0.2, 0.25) is 0 Å². The van der Waals surface area contributed by atoms with Gasteiger partial charge in [0.05, 0.1) is 10.1 Å². The molecule has 0 saturated heterocycles. The van der Waals surface area contributed by atoms with Crippen LogP contribution in [0.5, 0.6) is 0 Å². The van der Waals surface area contributed by atoms with Crippen LogP contribution >= 0.6 is 15.9 Å². The second kappa shape index (κ2) is 7.09. The number of rotatable bonds is 5. The summed E-state index contributed by atoms with van der Waals surface area (Å²) in [6, 6.07) is 9.08. The monoisotopic (exact) mass is 402 g/mol. The Hall–Kier alpha value is -1.27. The molecule has 0 heterocycles. The van der Waals surface area contributed by atoms with Crippen LogP contribution in [0.25, 0.3) is 0 Å². The van der Waals surface area contributed by atoms with E-state index >= 15 is 0 Å². The van der Waals surface area contributed by atoms with Crippen molar-refractivity contribution in [2.24, 2.45) is 5.92 Å². The number of halogens is 3. The van der Waals surface area contributed by atoms with E-state index in [9.17, 15) is 17.2 Å². The molecule has 0 saturated carbocycles. The Kier molecular flexibility index (Phi) is 5.57. The first-order valence-electron chi connectivity index (χ1n) is 7.21. The molecule has 6 heteroatoms. The van der Waals surface area contributed by atoms with Crippen LogP contribution in [-0.4, -0.2) is 8.42 Å². The van der Waals surface area contributed by atoms with Crippen molar-refractivity contribution in [1.29, 1.82) is 0 Å². The molecule has 0 aliphatic rings. The van der Waals surface area contributed by atoms with Gasteiger partial charge in [0.2, 0.25) is 0 Å². The van der Waals surface area contributed by atoms with Gasteiger partial charge < -0.3 is 0 Å². The van der Waals surface area contributed by atoms with Crippen LogP contribution in [0.4, 0.5) is 8.78 Å². The van der Waals surface area contributed by atoms with Crippen LogP contribution < -0.4 is 0 Å². The molecule has 2 aromatic carbocycles. The van der Waals surface area contributed by atoms with E-state index in [1.807, 2.05) is 6.92 Å². The van der Waals surface area contributed by atoms with Crippen molar-refractivity contribution in [3.05, 3.63) is 64.1 Å². The molecule has 0 radical (unpaired) electrons. The zero-order valence-corrected chi connectivity index (χ0v) is 15.2. The fraction of sp³-hybridized carbons (Fsp3) is 0.294. The SMILES string of the molecule is CCC(C)C(c1cc(F)ccc1F)S(=O)(=O)c1ccc(Br)cc1. The fourth-order valence-corrected chi connectivity index (χ4v) is 4.89. The summed E-state index contributed by atoms with van der Waals surface area (Å²) in [6.07, 6.45) is 0.524. The molecular formula is C17H17BrF2O2S. The number of hydrogen-bond donors (Lipinski definition) is 0. The van der Waals surface area contributed by atoms with Crippen molar-refractivity contribution >= 4 is 25.8 Å². The van der Waals surface area contributed by atoms with Crippen LogP contribution in [-0.2, 0) is 9.84 Å². The molecule has 0 amide bonds. The quantitative estimate of drug-likeness (QED) is 0.680. The molecule has 2 nitrogen and oxygen atoms in total. The Bertz CT molecular complexity index is 789. The number of sulfone groups is 1. The highest BCUT2D eigenvalue weighted by Gasteiger charge is 2.35. The Labute approximate surface area is 143 Å². The summed E-state index contributed by atoms with van der Waals surface area (Å²) in [7, 11) is -3.85. The van der Waals surface area contributed by atoms with E-state index in [1.165, 1.54) is 12.1 Å². The molecule has 23 heavy (non-hydrogen) atoms. The first-order valence-corrected chi connectivity index (χ1v) is 9.55. The lowest BCUT2D eigenvalue weighted by Gasteiger charge is -2.24. The molecule has 0 aromatic heterocycles. The Morgan fingerprint density at radius 1 is 1.09 bits per heavy atom. The molecular weight excluding hydrogens is 386 g/mol. The van der Waals surface area contributed by atoms with Crippen molar-refractivity contribution in [1.82, 2.24) is 0 Å². The van der Waals surface area contributed by atoms with Crippen molar-refractivity contribution in [3.63, 3.8) is 0 Å². The normalized spacial score (nSPS) is 14.5. The predicted molar refractivity (Wildman–Crippen MR) is 89.9 cm³/mol. The molecule has 0 aliphatic carbocycles. The van der Waals surface area contributed by atoms with E-state index in [0.29, 0.717) is 6.42 Å². The maximum Gasteiger partial charge on any atom is 0.185 e. The molecule has 124 valence electrons. The van der Waals surface area contributed by atoms with E-state index in [1.54, 1.807) is 19.1 Å². The van der Waals surface area contributed by atoms with E-state index in [-0.39, 0.29) is 16.4 Å². The van der Waals surface area contributed by atoms with Gasteiger partial charge in [-0.2, -0.15) is 0 Å². The Morgan fingerprint density at radius 2 is 1.70 bits per heavy atom. The minimum Gasteiger partial charge on any atom is -0.223 e.